The maximum Gasteiger partial charge on any atom is 0.472 e. The van der Waals surface area contributed by atoms with Gasteiger partial charge in [0, 0.05) is 6.42 Å². The summed E-state index contributed by atoms with van der Waals surface area (Å²) in [5, 5.41) is 13.8. The first-order chi connectivity index (χ1) is 31.5. The van der Waals surface area contributed by atoms with Crippen molar-refractivity contribution in [1.29, 1.82) is 0 Å². The second-order valence-electron chi connectivity index (χ2n) is 20.7. The average molecular weight is 940 g/mol. The second-order valence-corrected chi connectivity index (χ2v) is 22.1. The van der Waals surface area contributed by atoms with E-state index < -0.39 is 20.0 Å². The highest BCUT2D eigenvalue weighted by Crippen LogP contribution is 2.43. The number of hydrogen-bond acceptors (Lipinski definition) is 5. The zero-order valence-corrected chi connectivity index (χ0v) is 44.9. The van der Waals surface area contributed by atoms with Crippen molar-refractivity contribution in [3.05, 3.63) is 24.3 Å². The molecule has 0 aliphatic heterocycles. The van der Waals surface area contributed by atoms with E-state index in [-0.39, 0.29) is 19.1 Å². The van der Waals surface area contributed by atoms with Gasteiger partial charge < -0.3 is 19.8 Å². The second kappa shape index (κ2) is 48.0. The van der Waals surface area contributed by atoms with E-state index in [1.165, 1.54) is 218 Å². The van der Waals surface area contributed by atoms with Crippen molar-refractivity contribution >= 4 is 13.7 Å². The molecule has 0 aromatic rings. The Balaban J connectivity index is 3.82. The molecule has 0 aliphatic carbocycles. The number of allylic oxidation sites excluding steroid dienone is 3. The van der Waals surface area contributed by atoms with Gasteiger partial charge in [0.25, 0.3) is 0 Å². The molecule has 0 aromatic carbocycles. The molecule has 386 valence electrons. The number of carbonyl (C=O) groups excluding carboxylic acids is 1. The molecule has 0 radical (unpaired) electrons. The number of aliphatic hydroxyl groups excluding tert-OH is 1. The van der Waals surface area contributed by atoms with Gasteiger partial charge >= 0.3 is 7.82 Å². The minimum absolute atomic E-state index is 0.0634. The standard InChI is InChI=1S/C56H111N2O6P/c1-6-8-10-12-14-16-17-18-19-20-21-22-23-24-25-26-27-28-29-30-31-32-33-34-35-36-37-38-39-40-41-42-44-46-48-50-56(60)57-54(53-64-65(61,62)63-52-51-58(3,4)5)55(59)49-47-45-43-15-13-11-9-7-2/h20-21,47,49,54-55,59H,6-19,22-46,48,50-53H2,1-5H3,(H-,57,60,61,62)/p+1/b21-20-,49-47+. The van der Waals surface area contributed by atoms with Gasteiger partial charge in [-0.1, -0.05) is 250 Å². The van der Waals surface area contributed by atoms with Crippen molar-refractivity contribution in [1.82, 2.24) is 5.32 Å². The average Bonchev–Trinajstić information content (AvgIpc) is 3.26. The number of aliphatic hydroxyl groups is 1. The summed E-state index contributed by atoms with van der Waals surface area (Å²) < 4.78 is 23.5. The Labute approximate surface area is 404 Å². The van der Waals surface area contributed by atoms with E-state index in [2.05, 4.69) is 31.3 Å². The van der Waals surface area contributed by atoms with Gasteiger partial charge in [-0.3, -0.25) is 13.8 Å². The Morgan fingerprint density at radius 2 is 0.831 bits per heavy atom. The molecule has 0 aromatic heterocycles. The molecule has 3 atom stereocenters. The molecule has 0 fully saturated rings. The maximum atomic E-state index is 12.9. The number of nitrogens with zero attached hydrogens (tertiary/aromatic N) is 1. The lowest BCUT2D eigenvalue weighted by Gasteiger charge is -2.25. The molecule has 0 saturated carbocycles. The molecular weight excluding hydrogens is 828 g/mol. The van der Waals surface area contributed by atoms with E-state index in [1.807, 2.05) is 27.2 Å². The fourth-order valence-electron chi connectivity index (χ4n) is 8.45. The third-order valence-corrected chi connectivity index (χ3v) is 13.9. The van der Waals surface area contributed by atoms with Crippen LogP contribution in [0.15, 0.2) is 24.3 Å². The molecule has 0 aliphatic rings. The van der Waals surface area contributed by atoms with Crippen molar-refractivity contribution in [3.8, 4) is 0 Å². The van der Waals surface area contributed by atoms with Crippen molar-refractivity contribution in [2.45, 2.75) is 289 Å². The molecule has 0 heterocycles. The third-order valence-electron chi connectivity index (χ3n) is 12.9. The summed E-state index contributed by atoms with van der Waals surface area (Å²) in [6.07, 6.45) is 60.4. The highest BCUT2D eigenvalue weighted by molar-refractivity contribution is 7.47. The number of unbranched alkanes of at least 4 members (excludes halogenated alkanes) is 37. The van der Waals surface area contributed by atoms with Crippen molar-refractivity contribution < 1.29 is 32.9 Å². The zero-order chi connectivity index (χ0) is 47.8. The number of quaternary nitrogens is 1. The quantitative estimate of drug-likeness (QED) is 0.0243. The van der Waals surface area contributed by atoms with Gasteiger partial charge in [0.15, 0.2) is 0 Å². The SMILES string of the molecule is CCCCCCCC/C=C/C(O)C(COP(=O)(O)OCC[N+](C)(C)C)NC(=O)CCCCCCCCCCCCCCCCCCCCCCCCC/C=C\CCCCCCCCCC. The number of phosphoric acid groups is 1. The summed E-state index contributed by atoms with van der Waals surface area (Å²) in [6, 6.07) is -0.840. The Morgan fingerprint density at radius 3 is 1.18 bits per heavy atom. The summed E-state index contributed by atoms with van der Waals surface area (Å²) in [7, 11) is 1.58. The molecular formula is C56H112N2O6P+. The lowest BCUT2D eigenvalue weighted by molar-refractivity contribution is -0.870. The summed E-state index contributed by atoms with van der Waals surface area (Å²) >= 11 is 0. The molecule has 1 amide bonds. The van der Waals surface area contributed by atoms with Crippen molar-refractivity contribution in [3.63, 3.8) is 0 Å². The fourth-order valence-corrected chi connectivity index (χ4v) is 9.19. The summed E-state index contributed by atoms with van der Waals surface area (Å²) in [6.45, 7) is 4.79. The molecule has 9 heteroatoms. The molecule has 65 heavy (non-hydrogen) atoms. The van der Waals surface area contributed by atoms with Gasteiger partial charge in [-0.05, 0) is 44.9 Å². The van der Waals surface area contributed by atoms with Gasteiger partial charge in [0.1, 0.15) is 13.2 Å². The maximum absolute atomic E-state index is 12.9. The van der Waals surface area contributed by atoms with E-state index in [1.54, 1.807) is 6.08 Å². The molecule has 0 rings (SSSR count). The van der Waals surface area contributed by atoms with E-state index in [9.17, 15) is 19.4 Å². The van der Waals surface area contributed by atoms with E-state index in [0.717, 1.165) is 38.5 Å². The van der Waals surface area contributed by atoms with Gasteiger partial charge in [-0.25, -0.2) is 4.57 Å². The number of hydrogen-bond donors (Lipinski definition) is 3. The lowest BCUT2D eigenvalue weighted by atomic mass is 10.0. The predicted octanol–water partition coefficient (Wildman–Crippen LogP) is 16.8. The molecule has 3 N–H and O–H groups in total. The zero-order valence-electron chi connectivity index (χ0n) is 44.0. The third kappa shape index (κ3) is 50.7. The number of rotatable bonds is 52. The van der Waals surface area contributed by atoms with Crippen molar-refractivity contribution in [2.75, 3.05) is 40.9 Å². The largest absolute Gasteiger partial charge is 0.472 e. The van der Waals surface area contributed by atoms with Crippen LogP contribution < -0.4 is 5.32 Å². The summed E-state index contributed by atoms with van der Waals surface area (Å²) in [5.41, 5.74) is 0. The highest BCUT2D eigenvalue weighted by Gasteiger charge is 2.27. The number of phosphoric ester groups is 1. The predicted molar refractivity (Wildman–Crippen MR) is 281 cm³/mol. The number of carbonyl (C=O) groups is 1. The number of nitrogens with one attached hydrogen (secondary N) is 1. The van der Waals surface area contributed by atoms with E-state index in [0.29, 0.717) is 17.4 Å². The molecule has 0 spiro atoms. The van der Waals surface area contributed by atoms with Crippen LogP contribution in [0.3, 0.4) is 0 Å². The van der Waals surface area contributed by atoms with Crippen LogP contribution in [0.25, 0.3) is 0 Å². The van der Waals surface area contributed by atoms with E-state index in [4.69, 9.17) is 9.05 Å². The van der Waals surface area contributed by atoms with Crippen LogP contribution in [-0.4, -0.2) is 73.4 Å². The van der Waals surface area contributed by atoms with Crippen LogP contribution >= 0.6 is 7.82 Å². The van der Waals surface area contributed by atoms with Gasteiger partial charge in [-0.2, -0.15) is 0 Å². The minimum atomic E-state index is -4.33. The van der Waals surface area contributed by atoms with Crippen LogP contribution in [0, 0.1) is 0 Å². The summed E-state index contributed by atoms with van der Waals surface area (Å²) in [4.78, 5) is 23.1. The summed E-state index contributed by atoms with van der Waals surface area (Å²) in [5.74, 6) is -0.176. The van der Waals surface area contributed by atoms with Gasteiger partial charge in [0.2, 0.25) is 5.91 Å². The number of amides is 1. The highest BCUT2D eigenvalue weighted by atomic mass is 31.2. The van der Waals surface area contributed by atoms with E-state index >= 15 is 0 Å². The first-order valence-corrected chi connectivity index (χ1v) is 29.7. The lowest BCUT2D eigenvalue weighted by Crippen LogP contribution is -2.45. The topological polar surface area (TPSA) is 105 Å². The first kappa shape index (κ1) is 64.0. The molecule has 3 unspecified atom stereocenters. The Kier molecular flexibility index (Phi) is 47.3. The van der Waals surface area contributed by atoms with Crippen LogP contribution in [-0.2, 0) is 18.4 Å². The molecule has 8 nitrogen and oxygen atoms in total. The Morgan fingerprint density at radius 1 is 0.508 bits per heavy atom. The van der Waals surface area contributed by atoms with Crippen LogP contribution in [0.1, 0.15) is 277 Å². The molecule has 0 saturated heterocycles. The Bertz CT molecular complexity index is 1110. The Hall–Kier alpha value is -1.02. The van der Waals surface area contributed by atoms with Crippen LogP contribution in [0.5, 0.6) is 0 Å². The van der Waals surface area contributed by atoms with Crippen LogP contribution in [0.4, 0.5) is 0 Å². The minimum Gasteiger partial charge on any atom is -0.387 e. The monoisotopic (exact) mass is 940 g/mol. The molecule has 0 bridgehead atoms. The first-order valence-electron chi connectivity index (χ1n) is 28.2. The smallest absolute Gasteiger partial charge is 0.387 e. The van der Waals surface area contributed by atoms with Gasteiger partial charge in [0.05, 0.1) is 39.9 Å². The number of likely N-dealkylation sites (N-methyl/N-ethyl adjacent to an activating group) is 1. The fraction of sp³-hybridized carbons (Fsp3) is 0.911. The van der Waals surface area contributed by atoms with Crippen LogP contribution in [0.2, 0.25) is 0 Å². The normalized spacial score (nSPS) is 14.1. The van der Waals surface area contributed by atoms with Crippen molar-refractivity contribution in [2.24, 2.45) is 0 Å². The van der Waals surface area contributed by atoms with Gasteiger partial charge in [-0.15, -0.1) is 0 Å².